The van der Waals surface area contributed by atoms with E-state index in [4.69, 9.17) is 5.26 Å². The molecule has 0 saturated heterocycles. The van der Waals surface area contributed by atoms with E-state index in [0.717, 1.165) is 5.52 Å². The molecular weight excluding hydrogens is 164 g/mol. The second-order valence-electron chi connectivity index (χ2n) is 2.64. The van der Waals surface area contributed by atoms with E-state index >= 15 is 0 Å². The van der Waals surface area contributed by atoms with Gasteiger partial charge >= 0.3 is 0 Å². The Balaban J connectivity index is 2.94. The van der Waals surface area contributed by atoms with Gasteiger partial charge in [0, 0.05) is 11.6 Å². The second kappa shape index (κ2) is 2.76. The number of benzene rings is 1. The van der Waals surface area contributed by atoms with Crippen LogP contribution < -0.4 is 0 Å². The number of hydrogen-bond acceptors (Lipinski definition) is 3. The summed E-state index contributed by atoms with van der Waals surface area (Å²) in [5, 5.41) is 18.8. The van der Waals surface area contributed by atoms with Gasteiger partial charge in [0.1, 0.15) is 17.4 Å². The summed E-state index contributed by atoms with van der Waals surface area (Å²) in [6.07, 6.45) is 1.65. The lowest BCUT2D eigenvalue weighted by atomic mass is 10.1. The Bertz CT molecular complexity index is 500. The molecule has 62 valence electrons. The monoisotopic (exact) mass is 170 g/mol. The number of aromatic nitrogens is 1. The van der Waals surface area contributed by atoms with Crippen molar-refractivity contribution in [3.05, 3.63) is 36.0 Å². The van der Waals surface area contributed by atoms with E-state index in [-0.39, 0.29) is 11.3 Å². The van der Waals surface area contributed by atoms with Crippen LogP contribution in [0.5, 0.6) is 5.75 Å². The molecule has 1 aromatic heterocycles. The highest BCUT2D eigenvalue weighted by Gasteiger charge is 2.05. The Hall–Kier alpha value is -2.08. The lowest BCUT2D eigenvalue weighted by Gasteiger charge is -2.00. The molecule has 0 atom stereocenters. The van der Waals surface area contributed by atoms with Crippen LogP contribution >= 0.6 is 0 Å². The van der Waals surface area contributed by atoms with Gasteiger partial charge in [0.05, 0.1) is 5.52 Å². The molecule has 0 spiro atoms. The molecule has 0 unspecified atom stereocenters. The average Bonchev–Trinajstić information content (AvgIpc) is 2.18. The van der Waals surface area contributed by atoms with Crippen molar-refractivity contribution in [2.24, 2.45) is 0 Å². The molecular formula is C10H6N2O. The van der Waals surface area contributed by atoms with Crippen molar-refractivity contribution in [3.8, 4) is 11.8 Å². The quantitative estimate of drug-likeness (QED) is 0.656. The molecule has 2 aromatic rings. The van der Waals surface area contributed by atoms with Crippen molar-refractivity contribution in [2.45, 2.75) is 0 Å². The van der Waals surface area contributed by atoms with Gasteiger partial charge in [0.2, 0.25) is 0 Å². The van der Waals surface area contributed by atoms with Gasteiger partial charge in [-0.05, 0) is 24.3 Å². The SMILES string of the molecule is N#Cc1c(O)ccc2ncccc12. The summed E-state index contributed by atoms with van der Waals surface area (Å²) in [7, 11) is 0. The number of hydrogen-bond donors (Lipinski definition) is 1. The highest BCUT2D eigenvalue weighted by Crippen LogP contribution is 2.24. The number of fused-ring (bicyclic) bond motifs is 1. The van der Waals surface area contributed by atoms with Gasteiger partial charge in [-0.25, -0.2) is 0 Å². The first-order valence-corrected chi connectivity index (χ1v) is 3.80. The molecule has 13 heavy (non-hydrogen) atoms. The number of rotatable bonds is 0. The lowest BCUT2D eigenvalue weighted by Crippen LogP contribution is -1.82. The van der Waals surface area contributed by atoms with Crippen molar-refractivity contribution >= 4 is 10.9 Å². The van der Waals surface area contributed by atoms with E-state index in [1.807, 2.05) is 6.07 Å². The molecule has 1 heterocycles. The van der Waals surface area contributed by atoms with Crippen LogP contribution in [0.4, 0.5) is 0 Å². The third-order valence-electron chi connectivity index (χ3n) is 1.87. The van der Waals surface area contributed by atoms with Crippen molar-refractivity contribution in [3.63, 3.8) is 0 Å². The maximum Gasteiger partial charge on any atom is 0.134 e. The van der Waals surface area contributed by atoms with E-state index in [1.54, 1.807) is 24.4 Å². The first-order valence-electron chi connectivity index (χ1n) is 3.80. The number of aromatic hydroxyl groups is 1. The molecule has 2 rings (SSSR count). The summed E-state index contributed by atoms with van der Waals surface area (Å²) in [4.78, 5) is 4.07. The number of phenols is 1. The summed E-state index contributed by atoms with van der Waals surface area (Å²) >= 11 is 0. The van der Waals surface area contributed by atoms with Crippen LogP contribution in [0.15, 0.2) is 30.5 Å². The van der Waals surface area contributed by atoms with Gasteiger partial charge in [-0.2, -0.15) is 5.26 Å². The Labute approximate surface area is 74.9 Å². The van der Waals surface area contributed by atoms with Crippen LogP contribution in [0, 0.1) is 11.3 Å². The van der Waals surface area contributed by atoms with Crippen LogP contribution in [-0.2, 0) is 0 Å². The molecule has 0 saturated carbocycles. The van der Waals surface area contributed by atoms with Crippen molar-refractivity contribution in [1.82, 2.24) is 4.98 Å². The van der Waals surface area contributed by atoms with Crippen LogP contribution in [-0.4, -0.2) is 10.1 Å². The fourth-order valence-corrected chi connectivity index (χ4v) is 1.26. The Morgan fingerprint density at radius 2 is 2.15 bits per heavy atom. The summed E-state index contributed by atoms with van der Waals surface area (Å²) in [5.74, 6) is 0.00278. The Morgan fingerprint density at radius 1 is 1.31 bits per heavy atom. The number of nitrogens with zero attached hydrogens (tertiary/aromatic N) is 2. The maximum absolute atomic E-state index is 9.36. The van der Waals surface area contributed by atoms with E-state index in [1.165, 1.54) is 6.07 Å². The Kier molecular flexibility index (Phi) is 1.60. The largest absolute Gasteiger partial charge is 0.507 e. The minimum atomic E-state index is 0.00278. The third kappa shape index (κ3) is 1.09. The predicted octanol–water partition coefficient (Wildman–Crippen LogP) is 1.81. The van der Waals surface area contributed by atoms with E-state index in [9.17, 15) is 5.11 Å². The molecule has 0 aliphatic heterocycles. The smallest absolute Gasteiger partial charge is 0.134 e. The van der Waals surface area contributed by atoms with Gasteiger partial charge in [0.25, 0.3) is 0 Å². The molecule has 1 aromatic carbocycles. The van der Waals surface area contributed by atoms with Crippen LogP contribution in [0.1, 0.15) is 5.56 Å². The highest BCUT2D eigenvalue weighted by atomic mass is 16.3. The van der Waals surface area contributed by atoms with Crippen molar-refractivity contribution in [1.29, 1.82) is 5.26 Å². The van der Waals surface area contributed by atoms with Gasteiger partial charge in [-0.3, -0.25) is 4.98 Å². The molecule has 0 amide bonds. The van der Waals surface area contributed by atoms with Crippen LogP contribution in [0.25, 0.3) is 10.9 Å². The van der Waals surface area contributed by atoms with Crippen molar-refractivity contribution in [2.75, 3.05) is 0 Å². The molecule has 1 N–H and O–H groups in total. The van der Waals surface area contributed by atoms with Crippen LogP contribution in [0.3, 0.4) is 0 Å². The first-order chi connectivity index (χ1) is 6.33. The van der Waals surface area contributed by atoms with E-state index < -0.39 is 0 Å². The Morgan fingerprint density at radius 3 is 2.92 bits per heavy atom. The number of nitriles is 1. The zero-order valence-electron chi connectivity index (χ0n) is 6.73. The molecule has 0 aliphatic carbocycles. The molecule has 3 heteroatoms. The average molecular weight is 170 g/mol. The standard InChI is InChI=1S/C10H6N2O/c11-6-8-7-2-1-5-12-9(7)3-4-10(8)13/h1-5,13H. The summed E-state index contributed by atoms with van der Waals surface area (Å²) in [6.45, 7) is 0. The maximum atomic E-state index is 9.36. The normalized spacial score (nSPS) is 9.77. The second-order valence-corrected chi connectivity index (χ2v) is 2.64. The van der Waals surface area contributed by atoms with Gasteiger partial charge < -0.3 is 5.11 Å². The van der Waals surface area contributed by atoms with E-state index in [2.05, 4.69) is 4.98 Å². The predicted molar refractivity (Wildman–Crippen MR) is 48.1 cm³/mol. The molecule has 0 aliphatic rings. The highest BCUT2D eigenvalue weighted by molar-refractivity contribution is 5.86. The third-order valence-corrected chi connectivity index (χ3v) is 1.87. The molecule has 0 bridgehead atoms. The summed E-state index contributed by atoms with van der Waals surface area (Å²) < 4.78 is 0. The zero-order chi connectivity index (χ0) is 9.26. The number of pyridine rings is 1. The lowest BCUT2D eigenvalue weighted by molar-refractivity contribution is 0.474. The summed E-state index contributed by atoms with van der Waals surface area (Å²) in [6, 6.07) is 8.62. The van der Waals surface area contributed by atoms with Gasteiger partial charge in [-0.1, -0.05) is 0 Å². The van der Waals surface area contributed by atoms with Gasteiger partial charge in [-0.15, -0.1) is 0 Å². The fourth-order valence-electron chi connectivity index (χ4n) is 1.26. The molecule has 3 nitrogen and oxygen atoms in total. The zero-order valence-corrected chi connectivity index (χ0v) is 6.73. The van der Waals surface area contributed by atoms with Crippen LogP contribution in [0.2, 0.25) is 0 Å². The van der Waals surface area contributed by atoms with Gasteiger partial charge in [0.15, 0.2) is 0 Å². The van der Waals surface area contributed by atoms with Crippen molar-refractivity contribution < 1.29 is 5.11 Å². The molecule has 0 fully saturated rings. The minimum absolute atomic E-state index is 0.00278. The van der Waals surface area contributed by atoms with E-state index in [0.29, 0.717) is 5.39 Å². The topological polar surface area (TPSA) is 56.9 Å². The first kappa shape index (κ1) is 7.56. The summed E-state index contributed by atoms with van der Waals surface area (Å²) in [5.41, 5.74) is 1.00. The fraction of sp³-hybridized carbons (Fsp3) is 0. The minimum Gasteiger partial charge on any atom is -0.507 e. The number of phenolic OH excluding ortho intramolecular Hbond substituents is 1. The molecule has 0 radical (unpaired) electrons.